The molecule has 0 saturated heterocycles. The molecule has 10 heteroatoms. The third kappa shape index (κ3) is 16.1. The number of hydrogen-bond donors (Lipinski definition) is 4. The quantitative estimate of drug-likeness (QED) is 0.0630. The Morgan fingerprint density at radius 3 is 2.20 bits per heavy atom. The Hall–Kier alpha value is -3.68. The van der Waals surface area contributed by atoms with Gasteiger partial charge in [0.15, 0.2) is 5.60 Å². The first-order valence-electron chi connectivity index (χ1n) is 16.4. The maximum Gasteiger partial charge on any atom is 0.336 e. The fourth-order valence-electron chi connectivity index (χ4n) is 4.97. The number of ether oxygens (including phenoxy) is 2. The molecule has 1 aromatic rings. The van der Waals surface area contributed by atoms with Crippen LogP contribution in [0.5, 0.6) is 5.75 Å². The maximum absolute atomic E-state index is 13.5. The second-order valence-corrected chi connectivity index (χ2v) is 11.6. The minimum atomic E-state index is -2.48. The molecule has 0 aromatic heterocycles. The molecule has 1 aromatic carbocycles. The highest BCUT2D eigenvalue weighted by molar-refractivity contribution is 5.93. The first-order chi connectivity index (χ1) is 22.1. The lowest BCUT2D eigenvalue weighted by Gasteiger charge is -2.30. The summed E-state index contributed by atoms with van der Waals surface area (Å²) in [5.74, 6) is 1.70. The predicted octanol–water partition coefficient (Wildman–Crippen LogP) is 4.90. The molecule has 256 valence electrons. The zero-order valence-electron chi connectivity index (χ0n) is 27.9. The molecule has 0 aliphatic carbocycles. The number of benzene rings is 1. The lowest BCUT2D eigenvalue weighted by atomic mass is 9.83. The number of nitrogens with one attached hydrogen (secondary N) is 1. The third-order valence-electron chi connectivity index (χ3n) is 7.83. The number of primary amides is 1. The van der Waals surface area contributed by atoms with Crippen molar-refractivity contribution in [1.82, 2.24) is 5.32 Å². The van der Waals surface area contributed by atoms with Gasteiger partial charge in [0.05, 0.1) is 5.92 Å². The summed E-state index contributed by atoms with van der Waals surface area (Å²) in [5.41, 5.74) is 3.81. The first-order valence-corrected chi connectivity index (χ1v) is 16.4. The summed E-state index contributed by atoms with van der Waals surface area (Å²) in [7, 11) is 1.37. The molecule has 0 radical (unpaired) electrons. The molecule has 3 atom stereocenters. The fourth-order valence-corrected chi connectivity index (χ4v) is 4.97. The van der Waals surface area contributed by atoms with Crippen LogP contribution in [0.25, 0.3) is 0 Å². The van der Waals surface area contributed by atoms with Crippen molar-refractivity contribution in [2.75, 3.05) is 20.3 Å². The van der Waals surface area contributed by atoms with Gasteiger partial charge in [-0.15, -0.1) is 5.92 Å². The standard InChI is InChI=1S/C36H54N2O8/c1-4-6-8-11-14-17-29(39)18-15-12-9-10-13-16-19-31(36(44,35(42)43)24-26-45-3)34(41)38-32(33(37)40)27-28-20-22-30(23-21-28)46-25-7-5-2/h16,19-23,31-32,44H,4,6,8-15,17-18,24-27H2,1-3H3,(H2,37,40)(H,38,41)(H,42,43)/t31-,32+,36+/m1/s1. The molecule has 0 aliphatic heterocycles. The summed E-state index contributed by atoms with van der Waals surface area (Å²) < 4.78 is 10.5. The van der Waals surface area contributed by atoms with Gasteiger partial charge >= 0.3 is 5.97 Å². The first kappa shape index (κ1) is 40.3. The van der Waals surface area contributed by atoms with E-state index in [1.807, 2.05) is 0 Å². The second kappa shape index (κ2) is 23.6. The molecule has 0 fully saturated rings. The Morgan fingerprint density at radius 2 is 1.63 bits per heavy atom. The molecule has 0 bridgehead atoms. The number of ketones is 1. The lowest BCUT2D eigenvalue weighted by molar-refractivity contribution is -0.168. The van der Waals surface area contributed by atoms with E-state index in [1.54, 1.807) is 37.3 Å². The SMILES string of the molecule is CC#CCOc1ccc(C[C@H](NC(=O)[C@@H](C=CCCCCCCC(=O)CCCCCCC)[C@@](O)(CCOC)C(=O)O)C(N)=O)cc1. The van der Waals surface area contributed by atoms with Crippen LogP contribution in [-0.2, 0) is 30.3 Å². The zero-order chi connectivity index (χ0) is 34.2. The molecule has 10 nitrogen and oxygen atoms in total. The average molecular weight is 643 g/mol. The highest BCUT2D eigenvalue weighted by atomic mass is 16.5. The molecule has 0 heterocycles. The molecule has 0 unspecified atom stereocenters. The maximum atomic E-state index is 13.5. The van der Waals surface area contributed by atoms with Gasteiger partial charge in [0, 0.05) is 39.4 Å². The van der Waals surface area contributed by atoms with Crippen LogP contribution in [0, 0.1) is 17.8 Å². The molecular weight excluding hydrogens is 588 g/mol. The van der Waals surface area contributed by atoms with E-state index in [0.29, 0.717) is 36.4 Å². The van der Waals surface area contributed by atoms with Crippen molar-refractivity contribution < 1.29 is 38.9 Å². The van der Waals surface area contributed by atoms with Crippen LogP contribution in [0.4, 0.5) is 0 Å². The van der Waals surface area contributed by atoms with E-state index in [1.165, 1.54) is 32.4 Å². The number of unbranched alkanes of at least 4 members (excludes halogenated alkanes) is 8. The summed E-state index contributed by atoms with van der Waals surface area (Å²) in [6, 6.07) is 5.72. The monoisotopic (exact) mass is 642 g/mol. The van der Waals surface area contributed by atoms with Crippen molar-refractivity contribution in [3.05, 3.63) is 42.0 Å². The van der Waals surface area contributed by atoms with Gasteiger partial charge < -0.3 is 30.7 Å². The number of carbonyl (C=O) groups is 4. The molecular formula is C36H54N2O8. The molecule has 1 rings (SSSR count). The van der Waals surface area contributed by atoms with Crippen molar-refractivity contribution >= 4 is 23.6 Å². The van der Waals surface area contributed by atoms with Gasteiger partial charge in [-0.1, -0.05) is 75.7 Å². The summed E-state index contributed by atoms with van der Waals surface area (Å²) in [6.07, 6.45) is 13.6. The van der Waals surface area contributed by atoms with Crippen molar-refractivity contribution in [3.8, 4) is 17.6 Å². The highest BCUT2D eigenvalue weighted by Crippen LogP contribution is 2.26. The second-order valence-electron chi connectivity index (χ2n) is 11.6. The number of carboxylic acid groups (broad SMARTS) is 1. The summed E-state index contributed by atoms with van der Waals surface area (Å²) in [4.78, 5) is 50.1. The van der Waals surface area contributed by atoms with E-state index in [-0.39, 0.29) is 26.1 Å². The van der Waals surface area contributed by atoms with Gasteiger partial charge in [-0.05, 0) is 50.3 Å². The number of allylic oxidation sites excluding steroid dienone is 1. The summed E-state index contributed by atoms with van der Waals surface area (Å²) in [5, 5.41) is 23.7. The van der Waals surface area contributed by atoms with E-state index in [9.17, 15) is 29.4 Å². The van der Waals surface area contributed by atoms with Gasteiger partial charge in [0.25, 0.3) is 0 Å². The minimum absolute atomic E-state index is 0.0531. The van der Waals surface area contributed by atoms with Crippen molar-refractivity contribution in [2.24, 2.45) is 11.7 Å². The van der Waals surface area contributed by atoms with Gasteiger partial charge in [0.2, 0.25) is 11.8 Å². The zero-order valence-corrected chi connectivity index (χ0v) is 27.9. The van der Waals surface area contributed by atoms with Crippen LogP contribution in [0.2, 0.25) is 0 Å². The average Bonchev–Trinajstić information content (AvgIpc) is 3.03. The Labute approximate surface area is 274 Å². The lowest BCUT2D eigenvalue weighted by Crippen LogP contribution is -2.55. The van der Waals surface area contributed by atoms with Crippen LogP contribution in [0.1, 0.15) is 103 Å². The van der Waals surface area contributed by atoms with E-state index in [2.05, 4.69) is 24.1 Å². The Bertz CT molecular complexity index is 1150. The predicted molar refractivity (Wildman–Crippen MR) is 178 cm³/mol. The number of amides is 2. The van der Waals surface area contributed by atoms with E-state index >= 15 is 0 Å². The number of methoxy groups -OCH3 is 1. The van der Waals surface area contributed by atoms with Crippen LogP contribution in [-0.4, -0.2) is 65.7 Å². The molecule has 0 spiro atoms. The van der Waals surface area contributed by atoms with E-state index in [4.69, 9.17) is 15.2 Å². The number of Topliss-reactive ketones (excluding diaryl/α,β-unsaturated/α-hetero) is 1. The van der Waals surface area contributed by atoms with Gasteiger partial charge in [0.1, 0.15) is 24.2 Å². The van der Waals surface area contributed by atoms with Gasteiger partial charge in [-0.2, -0.15) is 0 Å². The minimum Gasteiger partial charge on any atom is -0.481 e. The Morgan fingerprint density at radius 1 is 1.00 bits per heavy atom. The highest BCUT2D eigenvalue weighted by Gasteiger charge is 2.47. The molecule has 46 heavy (non-hydrogen) atoms. The number of nitrogens with two attached hydrogens (primary N) is 1. The van der Waals surface area contributed by atoms with Crippen LogP contribution >= 0.6 is 0 Å². The van der Waals surface area contributed by atoms with Crippen molar-refractivity contribution in [2.45, 2.75) is 115 Å². The van der Waals surface area contributed by atoms with E-state index in [0.717, 1.165) is 38.5 Å². The van der Waals surface area contributed by atoms with Crippen LogP contribution in [0.15, 0.2) is 36.4 Å². The molecule has 0 aliphatic rings. The smallest absolute Gasteiger partial charge is 0.336 e. The number of carboxylic acids is 1. The summed E-state index contributed by atoms with van der Waals surface area (Å²) >= 11 is 0. The summed E-state index contributed by atoms with van der Waals surface area (Å²) in [6.45, 7) is 4.02. The molecule has 0 saturated carbocycles. The Balaban J connectivity index is 2.81. The normalized spacial score (nSPS) is 13.7. The number of aliphatic carboxylic acids is 1. The van der Waals surface area contributed by atoms with Crippen LogP contribution in [0.3, 0.4) is 0 Å². The number of rotatable bonds is 26. The third-order valence-corrected chi connectivity index (χ3v) is 7.83. The topological polar surface area (TPSA) is 165 Å². The number of carbonyl (C=O) groups excluding carboxylic acids is 3. The van der Waals surface area contributed by atoms with Gasteiger partial charge in [-0.3, -0.25) is 14.4 Å². The van der Waals surface area contributed by atoms with Crippen molar-refractivity contribution in [3.63, 3.8) is 0 Å². The van der Waals surface area contributed by atoms with Gasteiger partial charge in [-0.25, -0.2) is 4.79 Å². The number of aliphatic hydroxyl groups is 1. The fraction of sp³-hybridized carbons (Fsp3) is 0.611. The largest absolute Gasteiger partial charge is 0.481 e. The molecule has 2 amide bonds. The number of hydrogen-bond acceptors (Lipinski definition) is 7. The molecule has 5 N–H and O–H groups in total. The Kier molecular flexibility index (Phi) is 20.7. The van der Waals surface area contributed by atoms with Crippen LogP contribution < -0.4 is 15.8 Å². The van der Waals surface area contributed by atoms with E-state index < -0.39 is 35.3 Å². The van der Waals surface area contributed by atoms with Crippen molar-refractivity contribution in [1.29, 1.82) is 0 Å².